The van der Waals surface area contributed by atoms with Gasteiger partial charge in [-0.15, -0.1) is 0 Å². The third kappa shape index (κ3) is 4.16. The number of carbonyl (C=O) groups excluding carboxylic acids is 1. The summed E-state index contributed by atoms with van der Waals surface area (Å²) in [5.74, 6) is -0.428. The first kappa shape index (κ1) is 18.6. The fourth-order valence-electron chi connectivity index (χ4n) is 2.93. The Morgan fingerprint density at radius 2 is 2.00 bits per heavy atom. The average Bonchev–Trinajstić information content (AvgIpc) is 2.67. The average molecular weight is 383 g/mol. The number of nitriles is 1. The molecule has 0 aliphatic carbocycles. The van der Waals surface area contributed by atoms with E-state index >= 15 is 0 Å². The Balaban J connectivity index is 1.84. The molecule has 0 saturated heterocycles. The van der Waals surface area contributed by atoms with E-state index < -0.39 is 16.0 Å². The van der Waals surface area contributed by atoms with Gasteiger partial charge >= 0.3 is 0 Å². The quantitative estimate of drug-likeness (QED) is 0.477. The summed E-state index contributed by atoms with van der Waals surface area (Å²) in [5, 5.41) is 12.1. The molecule has 1 amide bonds. The first-order valence-electron chi connectivity index (χ1n) is 8.24. The number of aryl methyl sites for hydroxylation is 1. The summed E-state index contributed by atoms with van der Waals surface area (Å²) in [6.45, 7) is 0.521. The molecule has 2 aromatic carbocycles. The fourth-order valence-corrected chi connectivity index (χ4v) is 3.46. The number of hydrogen-bond acceptors (Lipinski definition) is 5. The molecule has 3 rings (SSSR count). The van der Waals surface area contributed by atoms with Crippen molar-refractivity contribution >= 4 is 27.4 Å². The number of anilines is 2. The summed E-state index contributed by atoms with van der Waals surface area (Å²) in [7, 11) is -4.34. The molecule has 0 fully saturated rings. The minimum Gasteiger partial charge on any atom is -0.360 e. The van der Waals surface area contributed by atoms with Gasteiger partial charge in [-0.1, -0.05) is 24.3 Å². The lowest BCUT2D eigenvalue weighted by molar-refractivity contribution is -0.114. The van der Waals surface area contributed by atoms with E-state index in [0.717, 1.165) is 24.1 Å². The Hall–Kier alpha value is -3.15. The van der Waals surface area contributed by atoms with Gasteiger partial charge in [0.2, 0.25) is 0 Å². The Morgan fingerprint density at radius 3 is 2.74 bits per heavy atom. The van der Waals surface area contributed by atoms with Crippen molar-refractivity contribution in [1.82, 2.24) is 0 Å². The van der Waals surface area contributed by atoms with Crippen molar-refractivity contribution in [2.75, 3.05) is 16.8 Å². The number of fused-ring (bicyclic) bond motifs is 1. The van der Waals surface area contributed by atoms with Crippen LogP contribution in [0, 0.1) is 11.3 Å². The molecule has 0 spiro atoms. The van der Waals surface area contributed by atoms with Crippen LogP contribution in [0.1, 0.15) is 12.0 Å². The zero-order valence-corrected chi connectivity index (χ0v) is 15.1. The van der Waals surface area contributed by atoms with E-state index in [-0.39, 0.29) is 10.5 Å². The van der Waals surface area contributed by atoms with Crippen LogP contribution in [0.15, 0.2) is 65.2 Å². The second-order valence-corrected chi connectivity index (χ2v) is 7.43. The van der Waals surface area contributed by atoms with Gasteiger partial charge in [0.15, 0.2) is 0 Å². The number of hydrogen-bond donors (Lipinski definition) is 2. The number of nitrogens with zero attached hydrogens (tertiary/aromatic N) is 2. The molecule has 0 saturated carbocycles. The minimum atomic E-state index is -4.34. The van der Waals surface area contributed by atoms with Gasteiger partial charge in [-0.05, 0) is 42.7 Å². The first-order valence-corrected chi connectivity index (χ1v) is 9.68. The van der Waals surface area contributed by atoms with E-state index in [1.54, 1.807) is 11.0 Å². The van der Waals surface area contributed by atoms with Crippen LogP contribution in [0.25, 0.3) is 0 Å². The number of rotatable bonds is 4. The third-order valence-corrected chi connectivity index (χ3v) is 5.07. The van der Waals surface area contributed by atoms with E-state index in [9.17, 15) is 18.5 Å². The van der Waals surface area contributed by atoms with Gasteiger partial charge in [-0.2, -0.15) is 13.7 Å². The Kier molecular flexibility index (Phi) is 5.26. The summed E-state index contributed by atoms with van der Waals surface area (Å²) in [6, 6.07) is 14.9. The maximum absolute atomic E-state index is 12.8. The highest BCUT2D eigenvalue weighted by atomic mass is 32.2. The van der Waals surface area contributed by atoms with Crippen molar-refractivity contribution < 1.29 is 17.8 Å². The maximum atomic E-state index is 12.8. The Morgan fingerprint density at radius 1 is 1.22 bits per heavy atom. The molecular formula is C19H17N3O4S. The Labute approximate surface area is 157 Å². The summed E-state index contributed by atoms with van der Waals surface area (Å²) in [6.07, 6.45) is 2.93. The lowest BCUT2D eigenvalue weighted by Crippen LogP contribution is -2.36. The molecule has 2 aromatic rings. The largest absolute Gasteiger partial charge is 0.360 e. The van der Waals surface area contributed by atoms with Crippen molar-refractivity contribution in [3.05, 3.63) is 65.9 Å². The monoisotopic (exact) mass is 383 g/mol. The lowest BCUT2D eigenvalue weighted by Gasteiger charge is -2.29. The maximum Gasteiger partial charge on any atom is 0.294 e. The van der Waals surface area contributed by atoms with Crippen molar-refractivity contribution in [3.8, 4) is 6.07 Å². The summed E-state index contributed by atoms with van der Waals surface area (Å²) in [5.41, 5.74) is 2.07. The standard InChI is InChI=1S/C19H17N3O4S/c20-12-15(13-21-16-7-3-8-17(11-16)27(24,25)26)19(23)22-10-4-6-14-5-1-2-9-18(14)22/h1-3,5,7-9,11,13,21H,4,6,10H2,(H,24,25,26)/b15-13-. The first-order chi connectivity index (χ1) is 12.9. The summed E-state index contributed by atoms with van der Waals surface area (Å²) < 4.78 is 31.5. The molecule has 0 atom stereocenters. The molecule has 27 heavy (non-hydrogen) atoms. The van der Waals surface area contributed by atoms with Gasteiger partial charge in [0.25, 0.3) is 16.0 Å². The molecule has 0 bridgehead atoms. The molecule has 138 valence electrons. The van der Waals surface area contributed by atoms with E-state index in [4.69, 9.17) is 4.55 Å². The normalized spacial score (nSPS) is 14.2. The molecule has 7 nitrogen and oxygen atoms in total. The van der Waals surface area contributed by atoms with Crippen LogP contribution in [-0.4, -0.2) is 25.4 Å². The van der Waals surface area contributed by atoms with Crippen LogP contribution >= 0.6 is 0 Å². The molecule has 0 aromatic heterocycles. The van der Waals surface area contributed by atoms with Crippen LogP contribution in [0.3, 0.4) is 0 Å². The molecule has 8 heteroatoms. The van der Waals surface area contributed by atoms with Gasteiger partial charge in [-0.25, -0.2) is 0 Å². The van der Waals surface area contributed by atoms with E-state index in [1.807, 2.05) is 30.3 Å². The number of carbonyl (C=O) groups is 1. The summed E-state index contributed by atoms with van der Waals surface area (Å²) in [4.78, 5) is 14.1. The van der Waals surface area contributed by atoms with E-state index in [1.165, 1.54) is 24.4 Å². The lowest BCUT2D eigenvalue weighted by atomic mass is 10.0. The number of benzene rings is 2. The second-order valence-electron chi connectivity index (χ2n) is 6.01. The van der Waals surface area contributed by atoms with Gasteiger partial charge in [-0.3, -0.25) is 9.35 Å². The van der Waals surface area contributed by atoms with Crippen molar-refractivity contribution in [3.63, 3.8) is 0 Å². The van der Waals surface area contributed by atoms with Crippen LogP contribution in [0.5, 0.6) is 0 Å². The fraction of sp³-hybridized carbons (Fsp3) is 0.158. The van der Waals surface area contributed by atoms with Crippen LogP contribution in [0.4, 0.5) is 11.4 Å². The second kappa shape index (κ2) is 7.61. The van der Waals surface area contributed by atoms with E-state index in [2.05, 4.69) is 5.32 Å². The minimum absolute atomic E-state index is 0.107. The van der Waals surface area contributed by atoms with Gasteiger partial charge < -0.3 is 10.2 Å². The zero-order chi connectivity index (χ0) is 19.4. The molecule has 1 aliphatic heterocycles. The highest BCUT2D eigenvalue weighted by Crippen LogP contribution is 2.27. The SMILES string of the molecule is N#C/C(=C/Nc1cccc(S(=O)(=O)O)c1)C(=O)N1CCCc2ccccc21. The predicted molar refractivity (Wildman–Crippen MR) is 101 cm³/mol. The van der Waals surface area contributed by atoms with Crippen molar-refractivity contribution in [1.29, 1.82) is 5.26 Å². The highest BCUT2D eigenvalue weighted by Gasteiger charge is 2.24. The molecule has 0 unspecified atom stereocenters. The third-order valence-electron chi connectivity index (χ3n) is 4.22. The number of nitrogens with one attached hydrogen (secondary N) is 1. The van der Waals surface area contributed by atoms with Gasteiger partial charge in [0, 0.05) is 24.1 Å². The van der Waals surface area contributed by atoms with Gasteiger partial charge in [0.1, 0.15) is 11.6 Å². The van der Waals surface area contributed by atoms with Crippen molar-refractivity contribution in [2.24, 2.45) is 0 Å². The molecule has 2 N–H and O–H groups in total. The molecule has 0 radical (unpaired) electrons. The Bertz CT molecular complexity index is 1050. The molecular weight excluding hydrogens is 366 g/mol. The van der Waals surface area contributed by atoms with Crippen LogP contribution < -0.4 is 10.2 Å². The van der Waals surface area contributed by atoms with Crippen LogP contribution in [-0.2, 0) is 21.3 Å². The topological polar surface area (TPSA) is 111 Å². The number of para-hydroxylation sites is 1. The van der Waals surface area contributed by atoms with E-state index in [0.29, 0.717) is 12.2 Å². The van der Waals surface area contributed by atoms with Crippen LogP contribution in [0.2, 0.25) is 0 Å². The number of amides is 1. The van der Waals surface area contributed by atoms with Gasteiger partial charge in [0.05, 0.1) is 4.90 Å². The molecule has 1 aliphatic rings. The molecule has 1 heterocycles. The van der Waals surface area contributed by atoms with Crippen molar-refractivity contribution in [2.45, 2.75) is 17.7 Å². The smallest absolute Gasteiger partial charge is 0.294 e. The highest BCUT2D eigenvalue weighted by molar-refractivity contribution is 7.85. The summed E-state index contributed by atoms with van der Waals surface area (Å²) >= 11 is 0. The zero-order valence-electron chi connectivity index (χ0n) is 14.3. The predicted octanol–water partition coefficient (Wildman–Crippen LogP) is 2.73.